The van der Waals surface area contributed by atoms with Crippen LogP contribution in [0.1, 0.15) is 12.0 Å². The SMILES string of the molecule is Nc1ccc(OC[C@H]2CN(c3ccc(C4=CCOCC4)c(F)c3)C(=O)O2)cn1. The second-order valence-electron chi connectivity index (χ2n) is 6.56. The zero-order valence-electron chi connectivity index (χ0n) is 15.1. The number of carbonyl (C=O) groups is 1. The number of ether oxygens (including phenoxy) is 3. The summed E-state index contributed by atoms with van der Waals surface area (Å²) < 4.78 is 30.8. The van der Waals surface area contributed by atoms with Crippen molar-refractivity contribution >= 4 is 23.2 Å². The van der Waals surface area contributed by atoms with E-state index in [1.54, 1.807) is 24.3 Å². The molecule has 2 aromatic rings. The summed E-state index contributed by atoms with van der Waals surface area (Å²) in [6.45, 7) is 1.51. The average molecular weight is 385 g/mol. The van der Waals surface area contributed by atoms with Crippen LogP contribution < -0.4 is 15.4 Å². The number of hydrogen-bond acceptors (Lipinski definition) is 6. The number of nitrogens with two attached hydrogens (primary N) is 1. The molecule has 0 saturated carbocycles. The number of nitrogen functional groups attached to an aromatic ring is 1. The van der Waals surface area contributed by atoms with Crippen LogP contribution in [-0.4, -0.2) is 43.5 Å². The fraction of sp³-hybridized carbons (Fsp3) is 0.300. The molecule has 1 atom stereocenters. The van der Waals surface area contributed by atoms with Gasteiger partial charge in [-0.15, -0.1) is 0 Å². The monoisotopic (exact) mass is 385 g/mol. The number of hydrogen-bond donors (Lipinski definition) is 1. The minimum atomic E-state index is -0.526. The number of nitrogens with zero attached hydrogens (tertiary/aromatic N) is 2. The first-order chi connectivity index (χ1) is 13.6. The Balaban J connectivity index is 1.41. The lowest BCUT2D eigenvalue weighted by molar-refractivity contribution is 0.105. The Morgan fingerprint density at radius 3 is 2.93 bits per heavy atom. The van der Waals surface area contributed by atoms with Gasteiger partial charge < -0.3 is 19.9 Å². The fourth-order valence-electron chi connectivity index (χ4n) is 3.19. The maximum atomic E-state index is 14.6. The molecule has 0 bridgehead atoms. The van der Waals surface area contributed by atoms with E-state index in [2.05, 4.69) is 4.98 Å². The maximum absolute atomic E-state index is 14.6. The summed E-state index contributed by atoms with van der Waals surface area (Å²) in [5.41, 5.74) is 7.44. The zero-order valence-corrected chi connectivity index (χ0v) is 15.1. The average Bonchev–Trinajstić information content (AvgIpc) is 3.09. The molecule has 0 radical (unpaired) electrons. The van der Waals surface area contributed by atoms with Crippen LogP contribution in [0, 0.1) is 5.82 Å². The molecule has 4 rings (SSSR count). The number of carbonyl (C=O) groups excluding carboxylic acids is 1. The van der Waals surface area contributed by atoms with Crippen molar-refractivity contribution in [1.29, 1.82) is 0 Å². The van der Waals surface area contributed by atoms with Crippen LogP contribution in [0.3, 0.4) is 0 Å². The Bertz CT molecular complexity index is 901. The largest absolute Gasteiger partial charge is 0.488 e. The van der Waals surface area contributed by atoms with E-state index in [0.29, 0.717) is 42.5 Å². The minimum absolute atomic E-state index is 0.168. The molecule has 1 fully saturated rings. The third-order valence-electron chi connectivity index (χ3n) is 4.64. The Morgan fingerprint density at radius 2 is 2.21 bits per heavy atom. The highest BCUT2D eigenvalue weighted by atomic mass is 19.1. The highest BCUT2D eigenvalue weighted by Crippen LogP contribution is 2.29. The molecule has 1 aromatic heterocycles. The van der Waals surface area contributed by atoms with Gasteiger partial charge in [0.05, 0.1) is 31.6 Å². The van der Waals surface area contributed by atoms with Crippen LogP contribution in [0.15, 0.2) is 42.6 Å². The number of benzene rings is 1. The first-order valence-electron chi connectivity index (χ1n) is 8.99. The fourth-order valence-corrected chi connectivity index (χ4v) is 3.19. The Hall–Kier alpha value is -3.13. The minimum Gasteiger partial charge on any atom is -0.488 e. The lowest BCUT2D eigenvalue weighted by Gasteiger charge is -2.17. The molecule has 0 spiro atoms. The molecule has 2 aliphatic rings. The maximum Gasteiger partial charge on any atom is 0.414 e. The molecule has 2 aliphatic heterocycles. The van der Waals surface area contributed by atoms with Gasteiger partial charge >= 0.3 is 6.09 Å². The number of anilines is 2. The van der Waals surface area contributed by atoms with Crippen molar-refractivity contribution in [2.24, 2.45) is 0 Å². The molecule has 1 aromatic carbocycles. The number of halogens is 1. The summed E-state index contributed by atoms with van der Waals surface area (Å²) in [5, 5.41) is 0. The third-order valence-corrected chi connectivity index (χ3v) is 4.64. The van der Waals surface area contributed by atoms with Crippen molar-refractivity contribution in [2.75, 3.05) is 37.0 Å². The van der Waals surface area contributed by atoms with Crippen LogP contribution in [0.2, 0.25) is 0 Å². The highest BCUT2D eigenvalue weighted by Gasteiger charge is 2.33. The van der Waals surface area contributed by atoms with Crippen molar-refractivity contribution in [1.82, 2.24) is 4.98 Å². The zero-order chi connectivity index (χ0) is 19.5. The number of aromatic nitrogens is 1. The number of rotatable bonds is 5. The molecule has 3 heterocycles. The summed E-state index contributed by atoms with van der Waals surface area (Å²) in [4.78, 5) is 17.6. The third kappa shape index (κ3) is 3.91. The van der Waals surface area contributed by atoms with Gasteiger partial charge in [0.15, 0.2) is 6.10 Å². The standard InChI is InChI=1S/C20H20FN3O4/c21-18-9-14(1-3-17(18)13-5-7-26-8-6-13)24-11-16(28-20(24)25)12-27-15-2-4-19(22)23-10-15/h1-5,9-10,16H,6-8,11-12H2,(H2,22,23)/t16-/m1/s1. The number of cyclic esters (lactones) is 1. The van der Waals surface area contributed by atoms with Crippen LogP contribution in [0.25, 0.3) is 5.57 Å². The van der Waals surface area contributed by atoms with Crippen molar-refractivity contribution in [2.45, 2.75) is 12.5 Å². The molecule has 0 aliphatic carbocycles. The lowest BCUT2D eigenvalue weighted by Crippen LogP contribution is -2.26. The second-order valence-corrected chi connectivity index (χ2v) is 6.56. The molecular formula is C20H20FN3O4. The van der Waals surface area contributed by atoms with Gasteiger partial charge in [-0.25, -0.2) is 14.2 Å². The molecule has 1 amide bonds. The summed E-state index contributed by atoms with van der Waals surface area (Å²) in [6, 6.07) is 8.10. The first kappa shape index (κ1) is 18.2. The predicted octanol–water partition coefficient (Wildman–Crippen LogP) is 3.01. The van der Waals surface area contributed by atoms with Crippen LogP contribution in [0.4, 0.5) is 20.7 Å². The smallest absolute Gasteiger partial charge is 0.414 e. The first-order valence-corrected chi connectivity index (χ1v) is 8.99. The van der Waals surface area contributed by atoms with E-state index in [1.165, 1.54) is 17.2 Å². The predicted molar refractivity (Wildman–Crippen MR) is 102 cm³/mol. The Morgan fingerprint density at radius 1 is 1.32 bits per heavy atom. The van der Waals surface area contributed by atoms with Gasteiger partial charge in [0.1, 0.15) is 24.0 Å². The van der Waals surface area contributed by atoms with E-state index in [9.17, 15) is 9.18 Å². The summed E-state index contributed by atoms with van der Waals surface area (Å²) in [6.07, 6.45) is 3.06. The van der Waals surface area contributed by atoms with Gasteiger partial charge in [0.2, 0.25) is 0 Å². The number of amides is 1. The lowest BCUT2D eigenvalue weighted by atomic mass is 10.0. The second kappa shape index (κ2) is 7.85. The van der Waals surface area contributed by atoms with E-state index in [4.69, 9.17) is 19.9 Å². The summed E-state index contributed by atoms with van der Waals surface area (Å²) >= 11 is 0. The van der Waals surface area contributed by atoms with Gasteiger partial charge in [0, 0.05) is 5.56 Å². The molecule has 1 saturated heterocycles. The van der Waals surface area contributed by atoms with Crippen LogP contribution in [-0.2, 0) is 9.47 Å². The molecular weight excluding hydrogens is 365 g/mol. The Labute approximate surface area is 161 Å². The molecule has 0 unspecified atom stereocenters. The molecule has 28 heavy (non-hydrogen) atoms. The van der Waals surface area contributed by atoms with Crippen molar-refractivity contribution in [3.05, 3.63) is 54.0 Å². The van der Waals surface area contributed by atoms with E-state index in [1.807, 2.05) is 6.08 Å². The summed E-state index contributed by atoms with van der Waals surface area (Å²) in [5.74, 6) is 0.558. The van der Waals surface area contributed by atoms with Crippen molar-refractivity contribution < 1.29 is 23.4 Å². The van der Waals surface area contributed by atoms with E-state index < -0.39 is 12.2 Å². The normalized spacial score (nSPS) is 19.3. The van der Waals surface area contributed by atoms with Gasteiger partial charge in [-0.1, -0.05) is 6.08 Å². The molecule has 8 heteroatoms. The van der Waals surface area contributed by atoms with Gasteiger partial charge in [-0.2, -0.15) is 0 Å². The molecule has 7 nitrogen and oxygen atoms in total. The number of pyridine rings is 1. The van der Waals surface area contributed by atoms with Gasteiger partial charge in [-0.3, -0.25) is 4.90 Å². The van der Waals surface area contributed by atoms with Crippen molar-refractivity contribution in [3.63, 3.8) is 0 Å². The van der Waals surface area contributed by atoms with Crippen molar-refractivity contribution in [3.8, 4) is 5.75 Å². The highest BCUT2D eigenvalue weighted by molar-refractivity contribution is 5.90. The van der Waals surface area contributed by atoms with Gasteiger partial charge in [0.25, 0.3) is 0 Å². The van der Waals surface area contributed by atoms with Gasteiger partial charge in [-0.05, 0) is 42.3 Å². The topological polar surface area (TPSA) is 86.9 Å². The van der Waals surface area contributed by atoms with Crippen LogP contribution in [0.5, 0.6) is 5.75 Å². The molecule has 146 valence electrons. The van der Waals surface area contributed by atoms with E-state index in [0.717, 1.165) is 5.57 Å². The quantitative estimate of drug-likeness (QED) is 0.851. The molecule has 2 N–H and O–H groups in total. The Kier molecular flexibility index (Phi) is 5.12. The van der Waals surface area contributed by atoms with E-state index >= 15 is 0 Å². The van der Waals surface area contributed by atoms with Crippen LogP contribution >= 0.6 is 0 Å². The van der Waals surface area contributed by atoms with E-state index in [-0.39, 0.29) is 19.0 Å². The summed E-state index contributed by atoms with van der Waals surface area (Å²) in [7, 11) is 0.